The molecule has 6 heteroatoms. The van der Waals surface area contributed by atoms with Gasteiger partial charge in [-0.3, -0.25) is 14.9 Å². The van der Waals surface area contributed by atoms with Gasteiger partial charge in [0.25, 0.3) is 0 Å². The van der Waals surface area contributed by atoms with Gasteiger partial charge in [0.15, 0.2) is 0 Å². The third-order valence-corrected chi connectivity index (χ3v) is 3.32. The molecule has 1 atom stereocenters. The highest BCUT2D eigenvalue weighted by Gasteiger charge is 2.17. The molecule has 1 heterocycles. The molecule has 0 aliphatic carbocycles. The Kier molecular flexibility index (Phi) is 6.57. The Labute approximate surface area is 141 Å². The summed E-state index contributed by atoms with van der Waals surface area (Å²) in [4.78, 5) is 23.5. The average molecular weight is 329 g/mol. The van der Waals surface area contributed by atoms with Gasteiger partial charge < -0.3 is 15.1 Å². The van der Waals surface area contributed by atoms with Gasteiger partial charge in [0.1, 0.15) is 5.76 Å². The van der Waals surface area contributed by atoms with Crippen LogP contribution in [0, 0.1) is 0 Å². The van der Waals surface area contributed by atoms with Crippen molar-refractivity contribution in [1.29, 1.82) is 0 Å². The number of hydrogen-bond donors (Lipinski definition) is 3. The van der Waals surface area contributed by atoms with E-state index in [-0.39, 0.29) is 37.0 Å². The van der Waals surface area contributed by atoms with E-state index in [1.54, 1.807) is 6.26 Å². The normalized spacial score (nSPS) is 12.0. The van der Waals surface area contributed by atoms with E-state index in [0.717, 1.165) is 11.3 Å². The van der Waals surface area contributed by atoms with Crippen LogP contribution in [-0.2, 0) is 9.59 Å². The lowest BCUT2D eigenvalue weighted by atomic mass is 10.0. The van der Waals surface area contributed by atoms with Crippen molar-refractivity contribution < 1.29 is 14.0 Å². The molecule has 0 radical (unpaired) electrons. The van der Waals surface area contributed by atoms with E-state index in [9.17, 15) is 9.59 Å². The summed E-state index contributed by atoms with van der Waals surface area (Å²) in [5.74, 6) is 0.275. The third kappa shape index (κ3) is 5.55. The van der Waals surface area contributed by atoms with Crippen LogP contribution in [-0.4, -0.2) is 30.9 Å². The van der Waals surface area contributed by atoms with Gasteiger partial charge in [-0.25, -0.2) is 0 Å². The zero-order valence-electron chi connectivity index (χ0n) is 13.9. The van der Waals surface area contributed by atoms with Crippen LogP contribution in [0.1, 0.15) is 31.2 Å². The second-order valence-corrected chi connectivity index (χ2v) is 5.74. The Morgan fingerprint density at radius 2 is 1.75 bits per heavy atom. The maximum absolute atomic E-state index is 12.0. The van der Waals surface area contributed by atoms with Gasteiger partial charge in [-0.05, 0) is 31.5 Å². The first-order valence-electron chi connectivity index (χ1n) is 7.94. The molecular formula is C18H23N3O3. The van der Waals surface area contributed by atoms with E-state index in [1.165, 1.54) is 0 Å². The molecule has 1 aromatic heterocycles. The van der Waals surface area contributed by atoms with Crippen LogP contribution >= 0.6 is 0 Å². The standard InChI is InChI=1S/C18H23N3O3/c1-13(2)21-17(23)12-19-16(22)11-20-18(15-9-6-10-24-15)14-7-4-3-5-8-14/h3-10,13,18,20H,11-12H2,1-2H3,(H,19,22)(H,21,23)/t18-/m1/s1. The lowest BCUT2D eigenvalue weighted by molar-refractivity contribution is -0.125. The molecule has 2 aromatic rings. The fourth-order valence-corrected chi connectivity index (χ4v) is 2.29. The molecule has 128 valence electrons. The van der Waals surface area contributed by atoms with Crippen molar-refractivity contribution >= 4 is 11.8 Å². The Morgan fingerprint density at radius 3 is 2.38 bits per heavy atom. The second kappa shape index (κ2) is 8.88. The van der Waals surface area contributed by atoms with Gasteiger partial charge in [0.2, 0.25) is 11.8 Å². The van der Waals surface area contributed by atoms with E-state index >= 15 is 0 Å². The summed E-state index contributed by atoms with van der Waals surface area (Å²) >= 11 is 0. The molecule has 0 fully saturated rings. The number of hydrogen-bond acceptors (Lipinski definition) is 4. The topological polar surface area (TPSA) is 83.4 Å². The molecule has 0 spiro atoms. The molecule has 0 aliphatic heterocycles. The Hall–Kier alpha value is -2.60. The van der Waals surface area contributed by atoms with Crippen LogP contribution in [0.5, 0.6) is 0 Å². The van der Waals surface area contributed by atoms with Crippen molar-refractivity contribution in [3.8, 4) is 0 Å². The highest BCUT2D eigenvalue weighted by Crippen LogP contribution is 2.21. The number of nitrogens with one attached hydrogen (secondary N) is 3. The van der Waals surface area contributed by atoms with Gasteiger partial charge in [-0.1, -0.05) is 30.3 Å². The zero-order valence-corrected chi connectivity index (χ0v) is 13.9. The first kappa shape index (κ1) is 17.7. The molecule has 0 unspecified atom stereocenters. The maximum atomic E-state index is 12.0. The summed E-state index contributed by atoms with van der Waals surface area (Å²) in [7, 11) is 0. The van der Waals surface area contributed by atoms with Crippen LogP contribution in [0.4, 0.5) is 0 Å². The highest BCUT2D eigenvalue weighted by atomic mass is 16.3. The maximum Gasteiger partial charge on any atom is 0.239 e. The van der Waals surface area contributed by atoms with Gasteiger partial charge in [0, 0.05) is 6.04 Å². The van der Waals surface area contributed by atoms with Crippen molar-refractivity contribution in [2.45, 2.75) is 25.9 Å². The third-order valence-electron chi connectivity index (χ3n) is 3.32. The minimum absolute atomic E-state index is 0.0323. The number of amides is 2. The summed E-state index contributed by atoms with van der Waals surface area (Å²) in [5, 5.41) is 8.48. The first-order valence-corrected chi connectivity index (χ1v) is 7.94. The van der Waals surface area contributed by atoms with Crippen molar-refractivity contribution in [1.82, 2.24) is 16.0 Å². The number of benzene rings is 1. The van der Waals surface area contributed by atoms with Crippen LogP contribution in [0.25, 0.3) is 0 Å². The first-order chi connectivity index (χ1) is 11.6. The van der Waals surface area contributed by atoms with Crippen LogP contribution in [0.2, 0.25) is 0 Å². The molecule has 2 rings (SSSR count). The van der Waals surface area contributed by atoms with Crippen LogP contribution in [0.15, 0.2) is 53.1 Å². The Bertz CT molecular complexity index is 639. The van der Waals surface area contributed by atoms with Gasteiger partial charge in [-0.15, -0.1) is 0 Å². The molecule has 0 saturated carbocycles. The predicted molar refractivity (Wildman–Crippen MR) is 91.3 cm³/mol. The SMILES string of the molecule is CC(C)NC(=O)CNC(=O)CN[C@H](c1ccccc1)c1ccco1. The number of carbonyl (C=O) groups is 2. The fraction of sp³-hybridized carbons (Fsp3) is 0.333. The monoisotopic (exact) mass is 329 g/mol. The summed E-state index contributed by atoms with van der Waals surface area (Å²) in [6.45, 7) is 3.79. The predicted octanol–water partition coefficient (Wildman–Crippen LogP) is 1.60. The van der Waals surface area contributed by atoms with E-state index in [2.05, 4.69) is 16.0 Å². The average Bonchev–Trinajstić information content (AvgIpc) is 3.08. The van der Waals surface area contributed by atoms with Crippen LogP contribution in [0.3, 0.4) is 0 Å². The van der Waals surface area contributed by atoms with Crippen molar-refractivity contribution in [3.63, 3.8) is 0 Å². The van der Waals surface area contributed by atoms with E-state index in [1.807, 2.05) is 56.3 Å². The summed E-state index contributed by atoms with van der Waals surface area (Å²) in [6.07, 6.45) is 1.60. The summed E-state index contributed by atoms with van der Waals surface area (Å²) in [6, 6.07) is 13.2. The molecular weight excluding hydrogens is 306 g/mol. The smallest absolute Gasteiger partial charge is 0.239 e. The van der Waals surface area contributed by atoms with Crippen molar-refractivity contribution in [2.75, 3.05) is 13.1 Å². The zero-order chi connectivity index (χ0) is 17.4. The number of furan rings is 1. The molecule has 1 aromatic carbocycles. The van der Waals surface area contributed by atoms with E-state index in [4.69, 9.17) is 4.42 Å². The van der Waals surface area contributed by atoms with Crippen molar-refractivity contribution in [3.05, 3.63) is 60.1 Å². The quantitative estimate of drug-likeness (QED) is 0.687. The highest BCUT2D eigenvalue weighted by molar-refractivity contribution is 5.85. The summed E-state index contributed by atoms with van der Waals surface area (Å²) < 4.78 is 5.47. The lowest BCUT2D eigenvalue weighted by Crippen LogP contribution is -2.43. The summed E-state index contributed by atoms with van der Waals surface area (Å²) in [5.41, 5.74) is 0.998. The largest absolute Gasteiger partial charge is 0.467 e. The van der Waals surface area contributed by atoms with Crippen molar-refractivity contribution in [2.24, 2.45) is 0 Å². The minimum atomic E-state index is -0.249. The Morgan fingerprint density at radius 1 is 1.00 bits per heavy atom. The fourth-order valence-electron chi connectivity index (χ4n) is 2.29. The van der Waals surface area contributed by atoms with Gasteiger partial charge in [0.05, 0.1) is 25.4 Å². The molecule has 0 bridgehead atoms. The number of carbonyl (C=O) groups excluding carboxylic acids is 2. The van der Waals surface area contributed by atoms with Crippen LogP contribution < -0.4 is 16.0 Å². The Balaban J connectivity index is 1.89. The minimum Gasteiger partial charge on any atom is -0.467 e. The second-order valence-electron chi connectivity index (χ2n) is 5.74. The number of rotatable bonds is 8. The molecule has 3 N–H and O–H groups in total. The molecule has 6 nitrogen and oxygen atoms in total. The van der Waals surface area contributed by atoms with Gasteiger partial charge >= 0.3 is 0 Å². The molecule has 0 aliphatic rings. The molecule has 2 amide bonds. The lowest BCUT2D eigenvalue weighted by Gasteiger charge is -2.17. The molecule has 0 saturated heterocycles. The van der Waals surface area contributed by atoms with E-state index in [0.29, 0.717) is 0 Å². The van der Waals surface area contributed by atoms with Gasteiger partial charge in [-0.2, -0.15) is 0 Å². The van der Waals surface area contributed by atoms with E-state index < -0.39 is 0 Å². The molecule has 24 heavy (non-hydrogen) atoms.